The molecule has 1 amide bonds. The number of amides is 1. The van der Waals surface area contributed by atoms with Gasteiger partial charge in [-0.3, -0.25) is 9.00 Å². The van der Waals surface area contributed by atoms with Crippen molar-refractivity contribution in [2.45, 2.75) is 38.4 Å². The monoisotopic (exact) mass is 288 g/mol. The number of aromatic nitrogens is 1. The fourth-order valence-corrected chi connectivity index (χ4v) is 2.37. The molecule has 0 radical (unpaired) electrons. The van der Waals surface area contributed by atoms with Crippen LogP contribution in [-0.4, -0.2) is 33.2 Å². The highest BCUT2D eigenvalue weighted by atomic mass is 32.2. The zero-order chi connectivity index (χ0) is 13.9. The summed E-state index contributed by atoms with van der Waals surface area (Å²) in [5.41, 5.74) is 0.403. The van der Waals surface area contributed by atoms with Gasteiger partial charge in [-0.05, 0) is 6.92 Å². The maximum absolute atomic E-state index is 11.8. The number of nitrogens with one attached hydrogen (secondary N) is 1. The van der Waals surface area contributed by atoms with Crippen LogP contribution < -0.4 is 5.32 Å². The molecule has 1 N–H and O–H groups in total. The summed E-state index contributed by atoms with van der Waals surface area (Å²) in [6, 6.07) is 0. The summed E-state index contributed by atoms with van der Waals surface area (Å²) in [5, 5.41) is 5.42. The second-order valence-electron chi connectivity index (χ2n) is 5.31. The van der Waals surface area contributed by atoms with E-state index >= 15 is 0 Å². The Labute approximate surface area is 115 Å². The number of hydrogen-bond donors (Lipinski definition) is 1. The molecule has 0 aliphatic carbocycles. The first-order chi connectivity index (χ1) is 8.21. The van der Waals surface area contributed by atoms with Crippen LogP contribution in [0.1, 0.15) is 43.2 Å². The van der Waals surface area contributed by atoms with Crippen molar-refractivity contribution in [2.75, 3.05) is 12.8 Å². The smallest absolute Gasteiger partial charge is 0.270 e. The van der Waals surface area contributed by atoms with Gasteiger partial charge in [0.1, 0.15) is 5.69 Å². The fourth-order valence-electron chi connectivity index (χ4n) is 1.17. The highest BCUT2D eigenvalue weighted by Gasteiger charge is 2.20. The van der Waals surface area contributed by atoms with Gasteiger partial charge in [0.2, 0.25) is 0 Å². The van der Waals surface area contributed by atoms with Crippen LogP contribution in [0, 0.1) is 0 Å². The molecule has 0 spiro atoms. The largest absolute Gasteiger partial charge is 0.349 e. The molecule has 2 unspecified atom stereocenters. The van der Waals surface area contributed by atoms with E-state index in [1.165, 1.54) is 11.3 Å². The summed E-state index contributed by atoms with van der Waals surface area (Å²) in [6.07, 6.45) is 1.64. The second kappa shape index (κ2) is 5.93. The van der Waals surface area contributed by atoms with E-state index in [9.17, 15) is 9.00 Å². The highest BCUT2D eigenvalue weighted by Crippen LogP contribution is 2.25. The molecule has 0 saturated heterocycles. The molecule has 0 bridgehead atoms. The van der Waals surface area contributed by atoms with E-state index in [1.54, 1.807) is 11.6 Å². The Morgan fingerprint density at radius 3 is 2.61 bits per heavy atom. The number of thiazole rings is 1. The zero-order valence-corrected chi connectivity index (χ0v) is 13.1. The molecule has 0 aliphatic heterocycles. The first-order valence-corrected chi connectivity index (χ1v) is 8.28. The molecule has 4 nitrogen and oxygen atoms in total. The van der Waals surface area contributed by atoms with Crippen molar-refractivity contribution >= 4 is 28.0 Å². The SMILES string of the molecule is CC(CNC(=O)c1csc(C(C)(C)C)n1)S(C)=O. The van der Waals surface area contributed by atoms with Crippen LogP contribution in [0.3, 0.4) is 0 Å². The number of rotatable bonds is 4. The predicted octanol–water partition coefficient (Wildman–Crippen LogP) is 1.94. The van der Waals surface area contributed by atoms with Crippen LogP contribution in [0.25, 0.3) is 0 Å². The first-order valence-electron chi connectivity index (χ1n) is 5.78. The average Bonchev–Trinajstić information content (AvgIpc) is 2.73. The number of nitrogens with zero attached hydrogens (tertiary/aromatic N) is 1. The molecule has 1 heterocycles. The summed E-state index contributed by atoms with van der Waals surface area (Å²) >= 11 is 1.49. The van der Waals surface area contributed by atoms with Crippen LogP contribution in [0.5, 0.6) is 0 Å². The predicted molar refractivity (Wildman–Crippen MR) is 76.7 cm³/mol. The zero-order valence-electron chi connectivity index (χ0n) is 11.4. The molecule has 0 saturated carbocycles. The van der Waals surface area contributed by atoms with Crippen LogP contribution >= 0.6 is 11.3 Å². The molecule has 6 heteroatoms. The van der Waals surface area contributed by atoms with E-state index < -0.39 is 10.8 Å². The molecule has 102 valence electrons. The number of carbonyl (C=O) groups is 1. The van der Waals surface area contributed by atoms with E-state index in [4.69, 9.17) is 0 Å². The van der Waals surface area contributed by atoms with Crippen molar-refractivity contribution in [2.24, 2.45) is 0 Å². The minimum atomic E-state index is -0.925. The van der Waals surface area contributed by atoms with Crippen molar-refractivity contribution in [3.05, 3.63) is 16.1 Å². The summed E-state index contributed by atoms with van der Waals surface area (Å²) < 4.78 is 11.2. The first kappa shape index (κ1) is 15.3. The number of carbonyl (C=O) groups excluding carboxylic acids is 1. The van der Waals surface area contributed by atoms with Crippen LogP contribution in [0.15, 0.2) is 5.38 Å². The Morgan fingerprint density at radius 1 is 1.56 bits per heavy atom. The van der Waals surface area contributed by atoms with Gasteiger partial charge in [0.05, 0.1) is 5.01 Å². The molecule has 0 aromatic carbocycles. The van der Waals surface area contributed by atoms with E-state index in [0.29, 0.717) is 12.2 Å². The lowest BCUT2D eigenvalue weighted by atomic mass is 9.98. The van der Waals surface area contributed by atoms with Crippen LogP contribution in [0.2, 0.25) is 0 Å². The summed E-state index contributed by atoms with van der Waals surface area (Å²) in [6.45, 7) is 8.45. The van der Waals surface area contributed by atoms with Gasteiger partial charge >= 0.3 is 0 Å². The topological polar surface area (TPSA) is 59.1 Å². The lowest BCUT2D eigenvalue weighted by molar-refractivity contribution is 0.0949. The van der Waals surface area contributed by atoms with Crippen LogP contribution in [-0.2, 0) is 16.2 Å². The van der Waals surface area contributed by atoms with Gasteiger partial charge in [0.25, 0.3) is 5.91 Å². The Balaban J connectivity index is 2.63. The van der Waals surface area contributed by atoms with Gasteiger partial charge in [-0.1, -0.05) is 20.8 Å². The molecule has 18 heavy (non-hydrogen) atoms. The average molecular weight is 288 g/mol. The molecule has 1 aromatic rings. The van der Waals surface area contributed by atoms with Crippen molar-refractivity contribution in [1.82, 2.24) is 10.3 Å². The van der Waals surface area contributed by atoms with Gasteiger partial charge in [-0.15, -0.1) is 11.3 Å². The second-order valence-corrected chi connectivity index (χ2v) is 7.97. The maximum atomic E-state index is 11.8. The third-order valence-corrected chi connectivity index (χ3v) is 5.06. The summed E-state index contributed by atoms with van der Waals surface area (Å²) in [4.78, 5) is 16.2. The molecular formula is C12H20N2O2S2. The molecule has 1 rings (SSSR count). The summed E-state index contributed by atoms with van der Waals surface area (Å²) in [5.74, 6) is -0.195. The minimum Gasteiger partial charge on any atom is -0.349 e. The van der Waals surface area contributed by atoms with Gasteiger partial charge in [-0.2, -0.15) is 0 Å². The fraction of sp³-hybridized carbons (Fsp3) is 0.667. The Hall–Kier alpha value is -0.750. The van der Waals surface area contributed by atoms with Crippen molar-refractivity contribution < 1.29 is 9.00 Å². The highest BCUT2D eigenvalue weighted by molar-refractivity contribution is 7.84. The molecule has 0 fully saturated rings. The number of hydrogen-bond acceptors (Lipinski definition) is 4. The van der Waals surface area contributed by atoms with Gasteiger partial charge in [0, 0.05) is 39.6 Å². The van der Waals surface area contributed by atoms with E-state index in [2.05, 4.69) is 31.1 Å². The van der Waals surface area contributed by atoms with Crippen molar-refractivity contribution in [1.29, 1.82) is 0 Å². The standard InChI is InChI=1S/C12H20N2O2S2/c1-8(18(5)16)6-13-10(15)9-7-17-11(14-9)12(2,3)4/h7-8H,6H2,1-5H3,(H,13,15). The Bertz CT molecular complexity index is 449. The quantitative estimate of drug-likeness (QED) is 0.921. The van der Waals surface area contributed by atoms with Crippen LogP contribution in [0.4, 0.5) is 0 Å². The summed E-state index contributed by atoms with van der Waals surface area (Å²) in [7, 11) is -0.925. The van der Waals surface area contributed by atoms with E-state index in [0.717, 1.165) is 5.01 Å². The van der Waals surface area contributed by atoms with E-state index in [-0.39, 0.29) is 16.6 Å². The van der Waals surface area contributed by atoms with Gasteiger partial charge in [-0.25, -0.2) is 4.98 Å². The van der Waals surface area contributed by atoms with Crippen molar-refractivity contribution in [3.8, 4) is 0 Å². The molecular weight excluding hydrogens is 268 g/mol. The Morgan fingerprint density at radius 2 is 2.17 bits per heavy atom. The molecule has 2 atom stereocenters. The van der Waals surface area contributed by atoms with Crippen molar-refractivity contribution in [3.63, 3.8) is 0 Å². The third kappa shape index (κ3) is 4.17. The normalized spacial score (nSPS) is 15.2. The minimum absolute atomic E-state index is 0.0403. The lowest BCUT2D eigenvalue weighted by Crippen LogP contribution is -2.32. The van der Waals surface area contributed by atoms with E-state index in [1.807, 2.05) is 6.92 Å². The van der Waals surface area contributed by atoms with Gasteiger partial charge < -0.3 is 5.32 Å². The molecule has 0 aliphatic rings. The van der Waals surface area contributed by atoms with Gasteiger partial charge in [0.15, 0.2) is 0 Å². The third-order valence-electron chi connectivity index (χ3n) is 2.50. The molecule has 1 aromatic heterocycles. The lowest BCUT2D eigenvalue weighted by Gasteiger charge is -2.13. The Kier molecular flexibility index (Phi) is 5.04. The maximum Gasteiger partial charge on any atom is 0.270 e.